The van der Waals surface area contributed by atoms with Crippen LogP contribution in [0, 0.1) is 0 Å². The number of nitrogens with one attached hydrogen (secondary N) is 2. The molecule has 3 N–H and O–H groups in total. The fourth-order valence-electron chi connectivity index (χ4n) is 3.58. The van der Waals surface area contributed by atoms with E-state index in [1.807, 2.05) is 12.1 Å². The molecular weight excluding hydrogens is 426 g/mol. The van der Waals surface area contributed by atoms with E-state index in [2.05, 4.69) is 35.5 Å². The number of hydrogen-bond acceptors (Lipinski definition) is 4. The molecular formula is C24H23N3O4S. The van der Waals surface area contributed by atoms with Gasteiger partial charge in [-0.15, -0.1) is 0 Å². The quantitative estimate of drug-likeness (QED) is 0.396. The molecule has 0 atom stereocenters. The highest BCUT2D eigenvalue weighted by atomic mass is 32.2. The third kappa shape index (κ3) is 4.09. The Morgan fingerprint density at radius 3 is 2.25 bits per heavy atom. The Hall–Kier alpha value is -3.65. The number of carbonyl (C=O) groups is 1. The highest BCUT2D eigenvalue weighted by Gasteiger charge is 2.21. The van der Waals surface area contributed by atoms with Gasteiger partial charge in [-0.05, 0) is 59.0 Å². The molecule has 4 rings (SSSR count). The summed E-state index contributed by atoms with van der Waals surface area (Å²) in [6.45, 7) is 6.19. The molecule has 0 radical (unpaired) electrons. The zero-order valence-corrected chi connectivity index (χ0v) is 18.7. The van der Waals surface area contributed by atoms with Crippen molar-refractivity contribution in [2.45, 2.75) is 31.1 Å². The van der Waals surface area contributed by atoms with E-state index in [-0.39, 0.29) is 16.0 Å². The molecule has 0 saturated heterocycles. The van der Waals surface area contributed by atoms with Crippen LogP contribution in [0.3, 0.4) is 0 Å². The van der Waals surface area contributed by atoms with Gasteiger partial charge in [-0.3, -0.25) is 9.71 Å². The van der Waals surface area contributed by atoms with Crippen LogP contribution in [0.5, 0.6) is 0 Å². The standard InChI is InChI=1S/C24H23N3O4S/c1-24(2,3)16-4-7-18(8-5-16)32(30,31)27-17-6-9-20-19(14-17)21(22(26-20)23(28)29)15-10-12-25-13-11-15/h4-14,26-27H,1-3H3,(H,28,29). The number of pyridine rings is 1. The number of aromatic carboxylic acids is 1. The van der Waals surface area contributed by atoms with Crippen LogP contribution in [0.2, 0.25) is 0 Å². The first kappa shape index (κ1) is 21.6. The number of carboxylic acids is 1. The molecule has 0 unspecified atom stereocenters. The van der Waals surface area contributed by atoms with Gasteiger partial charge in [0, 0.05) is 34.5 Å². The van der Waals surface area contributed by atoms with E-state index in [1.165, 1.54) is 0 Å². The van der Waals surface area contributed by atoms with Gasteiger partial charge in [-0.2, -0.15) is 0 Å². The molecule has 7 nitrogen and oxygen atoms in total. The maximum atomic E-state index is 12.9. The fourth-order valence-corrected chi connectivity index (χ4v) is 4.63. The van der Waals surface area contributed by atoms with Crippen molar-refractivity contribution in [2.75, 3.05) is 4.72 Å². The minimum absolute atomic E-state index is 0.0315. The predicted octanol–water partition coefficient (Wildman–Crippen LogP) is 5.03. The SMILES string of the molecule is CC(C)(C)c1ccc(S(=O)(=O)Nc2ccc3[nH]c(C(=O)O)c(-c4ccncc4)c3c2)cc1. The van der Waals surface area contributed by atoms with E-state index in [0.717, 1.165) is 5.56 Å². The van der Waals surface area contributed by atoms with Gasteiger partial charge in [0.15, 0.2) is 0 Å². The van der Waals surface area contributed by atoms with Crippen LogP contribution in [-0.2, 0) is 15.4 Å². The highest BCUT2D eigenvalue weighted by Crippen LogP contribution is 2.34. The molecule has 0 aliphatic heterocycles. The van der Waals surface area contributed by atoms with Gasteiger partial charge in [-0.1, -0.05) is 32.9 Å². The Bertz CT molecular complexity index is 1400. The van der Waals surface area contributed by atoms with Crippen molar-refractivity contribution in [1.29, 1.82) is 0 Å². The summed E-state index contributed by atoms with van der Waals surface area (Å²) < 4.78 is 28.5. The smallest absolute Gasteiger partial charge is 0.352 e. The van der Waals surface area contributed by atoms with Crippen molar-refractivity contribution in [1.82, 2.24) is 9.97 Å². The molecule has 0 saturated carbocycles. The van der Waals surface area contributed by atoms with Crippen molar-refractivity contribution in [2.24, 2.45) is 0 Å². The van der Waals surface area contributed by atoms with Gasteiger partial charge in [0.2, 0.25) is 0 Å². The Morgan fingerprint density at radius 2 is 1.66 bits per heavy atom. The monoisotopic (exact) mass is 449 g/mol. The maximum absolute atomic E-state index is 12.9. The Kier molecular flexibility index (Phi) is 5.26. The molecule has 0 aliphatic carbocycles. The number of nitrogens with zero attached hydrogens (tertiary/aromatic N) is 1. The maximum Gasteiger partial charge on any atom is 0.352 e. The summed E-state index contributed by atoms with van der Waals surface area (Å²) in [5.41, 5.74) is 3.06. The lowest BCUT2D eigenvalue weighted by Crippen LogP contribution is -2.14. The third-order valence-corrected chi connectivity index (χ3v) is 6.66. The van der Waals surface area contributed by atoms with Crippen molar-refractivity contribution < 1.29 is 18.3 Å². The lowest BCUT2D eigenvalue weighted by molar-refractivity contribution is 0.0692. The lowest BCUT2D eigenvalue weighted by Gasteiger charge is -2.19. The molecule has 2 aromatic carbocycles. The number of carboxylic acid groups (broad SMARTS) is 1. The number of aromatic nitrogens is 2. The van der Waals surface area contributed by atoms with E-state index in [4.69, 9.17) is 0 Å². The van der Waals surface area contributed by atoms with Crippen molar-refractivity contribution in [3.05, 3.63) is 78.2 Å². The zero-order valence-electron chi connectivity index (χ0n) is 17.9. The topological polar surface area (TPSA) is 112 Å². The molecule has 0 bridgehead atoms. The fraction of sp³-hybridized carbons (Fsp3) is 0.167. The second-order valence-electron chi connectivity index (χ2n) is 8.56. The average molecular weight is 450 g/mol. The summed E-state index contributed by atoms with van der Waals surface area (Å²) in [7, 11) is -3.82. The number of benzene rings is 2. The number of hydrogen-bond donors (Lipinski definition) is 3. The molecule has 164 valence electrons. The predicted molar refractivity (Wildman–Crippen MR) is 124 cm³/mol. The van der Waals surface area contributed by atoms with E-state index in [0.29, 0.717) is 27.7 Å². The van der Waals surface area contributed by atoms with Crippen LogP contribution in [0.4, 0.5) is 5.69 Å². The Labute approximate surface area is 186 Å². The van der Waals surface area contributed by atoms with Crippen LogP contribution in [0.25, 0.3) is 22.0 Å². The van der Waals surface area contributed by atoms with Gasteiger partial charge >= 0.3 is 5.97 Å². The normalized spacial score (nSPS) is 12.1. The first-order valence-corrected chi connectivity index (χ1v) is 11.5. The second-order valence-corrected chi connectivity index (χ2v) is 10.2. The van der Waals surface area contributed by atoms with Crippen LogP contribution in [0.1, 0.15) is 36.8 Å². The van der Waals surface area contributed by atoms with Crippen LogP contribution in [-0.4, -0.2) is 29.5 Å². The van der Waals surface area contributed by atoms with Crippen LogP contribution < -0.4 is 4.72 Å². The number of rotatable bonds is 5. The summed E-state index contributed by atoms with van der Waals surface area (Å²) in [5.74, 6) is -1.10. The van der Waals surface area contributed by atoms with Crippen LogP contribution in [0.15, 0.2) is 71.9 Å². The summed E-state index contributed by atoms with van der Waals surface area (Å²) >= 11 is 0. The average Bonchev–Trinajstić information content (AvgIpc) is 3.13. The van der Waals surface area contributed by atoms with E-state index >= 15 is 0 Å². The highest BCUT2D eigenvalue weighted by molar-refractivity contribution is 7.92. The van der Waals surface area contributed by atoms with Gasteiger partial charge in [-0.25, -0.2) is 13.2 Å². The van der Waals surface area contributed by atoms with E-state index in [1.54, 1.807) is 54.9 Å². The number of anilines is 1. The minimum Gasteiger partial charge on any atom is -0.477 e. The molecule has 0 spiro atoms. The molecule has 2 heterocycles. The summed E-state index contributed by atoms with van der Waals surface area (Å²) in [5, 5.41) is 10.2. The molecule has 2 aromatic heterocycles. The van der Waals surface area contributed by atoms with Gasteiger partial charge in [0.1, 0.15) is 5.69 Å². The summed E-state index contributed by atoms with van der Waals surface area (Å²) in [6.07, 6.45) is 3.15. The number of H-pyrrole nitrogens is 1. The van der Waals surface area contributed by atoms with Gasteiger partial charge in [0.25, 0.3) is 10.0 Å². The Balaban J connectivity index is 1.75. The number of fused-ring (bicyclic) bond motifs is 1. The van der Waals surface area contributed by atoms with Crippen molar-refractivity contribution >= 4 is 32.6 Å². The number of aromatic amines is 1. The molecule has 0 fully saturated rings. The number of sulfonamides is 1. The van der Waals surface area contributed by atoms with Gasteiger partial charge < -0.3 is 10.1 Å². The first-order chi connectivity index (χ1) is 15.1. The Morgan fingerprint density at radius 1 is 1.00 bits per heavy atom. The van der Waals surface area contributed by atoms with Crippen molar-refractivity contribution in [3.8, 4) is 11.1 Å². The van der Waals surface area contributed by atoms with Crippen LogP contribution >= 0.6 is 0 Å². The van der Waals surface area contributed by atoms with Gasteiger partial charge in [0.05, 0.1) is 4.90 Å². The first-order valence-electron chi connectivity index (χ1n) is 9.99. The van der Waals surface area contributed by atoms with Crippen molar-refractivity contribution in [3.63, 3.8) is 0 Å². The largest absolute Gasteiger partial charge is 0.477 e. The summed E-state index contributed by atoms with van der Waals surface area (Å²) in [4.78, 5) is 18.8. The minimum atomic E-state index is -3.82. The summed E-state index contributed by atoms with van der Waals surface area (Å²) in [6, 6.07) is 15.1. The third-order valence-electron chi connectivity index (χ3n) is 5.26. The molecule has 4 aromatic rings. The van der Waals surface area contributed by atoms with E-state index in [9.17, 15) is 18.3 Å². The molecule has 32 heavy (non-hydrogen) atoms. The molecule has 0 amide bonds. The zero-order chi connectivity index (χ0) is 23.1. The van der Waals surface area contributed by atoms with E-state index < -0.39 is 16.0 Å². The molecule has 0 aliphatic rings. The lowest BCUT2D eigenvalue weighted by atomic mass is 9.87. The second kappa shape index (κ2) is 7.80. The molecule has 8 heteroatoms.